The van der Waals surface area contributed by atoms with Crippen LogP contribution >= 0.6 is 0 Å². The van der Waals surface area contributed by atoms with Gasteiger partial charge in [0.1, 0.15) is 0 Å². The molecule has 1 fully saturated rings. The first-order valence-corrected chi connectivity index (χ1v) is 4.81. The van der Waals surface area contributed by atoms with Crippen LogP contribution in [0.25, 0.3) is 0 Å². The molecule has 3 nitrogen and oxygen atoms in total. The molecule has 1 saturated carbocycles. The van der Waals surface area contributed by atoms with Crippen LogP contribution in [0.15, 0.2) is 0 Å². The van der Waals surface area contributed by atoms with E-state index in [4.69, 9.17) is 10.5 Å². The van der Waals surface area contributed by atoms with E-state index in [1.807, 2.05) is 0 Å². The molecule has 0 amide bonds. The first kappa shape index (κ1) is 9.96. The quantitative estimate of drug-likeness (QED) is 0.613. The lowest BCUT2D eigenvalue weighted by Crippen LogP contribution is -2.43. The van der Waals surface area contributed by atoms with E-state index in [9.17, 15) is 0 Å². The van der Waals surface area contributed by atoms with E-state index in [1.165, 1.54) is 19.3 Å². The van der Waals surface area contributed by atoms with Crippen molar-refractivity contribution < 1.29 is 4.74 Å². The second kappa shape index (κ2) is 5.51. The Bertz CT molecular complexity index is 115. The monoisotopic (exact) mass is 172 g/mol. The fourth-order valence-corrected chi connectivity index (χ4v) is 1.30. The number of rotatable bonds is 6. The van der Waals surface area contributed by atoms with Crippen molar-refractivity contribution in [3.05, 3.63) is 0 Å². The molecule has 0 spiro atoms. The Kier molecular flexibility index (Phi) is 4.58. The Morgan fingerprint density at radius 3 is 2.83 bits per heavy atom. The molecule has 12 heavy (non-hydrogen) atoms. The standard InChI is InChI=1S/C9H20N2O/c1-12-6-5-8(10)7-11-9-3-2-4-9/h8-9,11H,2-7,10H2,1H3. The number of methoxy groups -OCH3 is 1. The van der Waals surface area contributed by atoms with Crippen molar-refractivity contribution in [3.8, 4) is 0 Å². The minimum atomic E-state index is 0.255. The summed E-state index contributed by atoms with van der Waals surface area (Å²) in [5, 5.41) is 3.45. The van der Waals surface area contributed by atoms with Gasteiger partial charge in [-0.25, -0.2) is 0 Å². The van der Waals surface area contributed by atoms with Crippen molar-refractivity contribution in [2.75, 3.05) is 20.3 Å². The lowest BCUT2D eigenvalue weighted by molar-refractivity contribution is 0.185. The van der Waals surface area contributed by atoms with Gasteiger partial charge >= 0.3 is 0 Å². The summed E-state index contributed by atoms with van der Waals surface area (Å²) in [6.07, 6.45) is 5.00. The van der Waals surface area contributed by atoms with Crippen molar-refractivity contribution in [3.63, 3.8) is 0 Å². The van der Waals surface area contributed by atoms with Gasteiger partial charge in [-0.05, 0) is 19.3 Å². The van der Waals surface area contributed by atoms with Crippen LogP contribution in [0.4, 0.5) is 0 Å². The number of hydrogen-bond acceptors (Lipinski definition) is 3. The highest BCUT2D eigenvalue weighted by Crippen LogP contribution is 2.17. The first-order valence-electron chi connectivity index (χ1n) is 4.81. The second-order valence-electron chi connectivity index (χ2n) is 3.58. The third kappa shape index (κ3) is 3.52. The molecule has 72 valence electrons. The minimum absolute atomic E-state index is 0.255. The van der Waals surface area contributed by atoms with Gasteiger partial charge in [-0.3, -0.25) is 0 Å². The largest absolute Gasteiger partial charge is 0.385 e. The van der Waals surface area contributed by atoms with Crippen LogP contribution in [0.1, 0.15) is 25.7 Å². The van der Waals surface area contributed by atoms with Crippen LogP contribution in [0.2, 0.25) is 0 Å². The van der Waals surface area contributed by atoms with Crippen molar-refractivity contribution >= 4 is 0 Å². The van der Waals surface area contributed by atoms with Crippen LogP contribution < -0.4 is 11.1 Å². The maximum absolute atomic E-state index is 5.84. The maximum atomic E-state index is 5.84. The average molecular weight is 172 g/mol. The van der Waals surface area contributed by atoms with E-state index < -0.39 is 0 Å². The molecule has 0 aromatic carbocycles. The highest BCUT2D eigenvalue weighted by molar-refractivity contribution is 4.78. The lowest BCUT2D eigenvalue weighted by atomic mass is 9.93. The van der Waals surface area contributed by atoms with Crippen LogP contribution in [0.5, 0.6) is 0 Å². The predicted octanol–water partition coefficient (Wildman–Crippen LogP) is 0.492. The first-order chi connectivity index (χ1) is 5.83. The molecule has 1 atom stereocenters. The zero-order valence-corrected chi connectivity index (χ0v) is 7.88. The van der Waals surface area contributed by atoms with E-state index in [2.05, 4.69) is 5.32 Å². The molecule has 0 heterocycles. The van der Waals surface area contributed by atoms with Gasteiger partial charge in [-0.2, -0.15) is 0 Å². The maximum Gasteiger partial charge on any atom is 0.0477 e. The minimum Gasteiger partial charge on any atom is -0.385 e. The van der Waals surface area contributed by atoms with Crippen molar-refractivity contribution in [2.24, 2.45) is 5.73 Å². The average Bonchev–Trinajstić information content (AvgIpc) is 1.98. The molecular formula is C9H20N2O. The van der Waals surface area contributed by atoms with E-state index in [1.54, 1.807) is 7.11 Å². The Balaban J connectivity index is 1.90. The molecule has 1 rings (SSSR count). The molecule has 0 aromatic heterocycles. The second-order valence-corrected chi connectivity index (χ2v) is 3.58. The Labute approximate surface area is 74.7 Å². The normalized spacial score (nSPS) is 20.5. The summed E-state index contributed by atoms with van der Waals surface area (Å²) in [6, 6.07) is 1.00. The molecule has 0 aliphatic heterocycles. The summed E-state index contributed by atoms with van der Waals surface area (Å²) in [5.74, 6) is 0. The molecule has 1 aliphatic carbocycles. The molecule has 1 unspecified atom stereocenters. The molecule has 3 heteroatoms. The fourth-order valence-electron chi connectivity index (χ4n) is 1.30. The summed E-state index contributed by atoms with van der Waals surface area (Å²) in [4.78, 5) is 0. The highest BCUT2D eigenvalue weighted by atomic mass is 16.5. The fraction of sp³-hybridized carbons (Fsp3) is 1.00. The van der Waals surface area contributed by atoms with Gasteiger partial charge in [-0.1, -0.05) is 6.42 Å². The number of hydrogen-bond donors (Lipinski definition) is 2. The third-order valence-electron chi connectivity index (χ3n) is 2.47. The summed E-state index contributed by atoms with van der Waals surface area (Å²) >= 11 is 0. The molecule has 0 bridgehead atoms. The predicted molar refractivity (Wildman–Crippen MR) is 50.1 cm³/mol. The van der Waals surface area contributed by atoms with Crippen LogP contribution in [-0.4, -0.2) is 32.3 Å². The number of ether oxygens (including phenoxy) is 1. The third-order valence-corrected chi connectivity index (χ3v) is 2.47. The molecule has 3 N–H and O–H groups in total. The Hall–Kier alpha value is -0.120. The lowest BCUT2D eigenvalue weighted by Gasteiger charge is -2.27. The molecule has 0 saturated heterocycles. The van der Waals surface area contributed by atoms with E-state index in [-0.39, 0.29) is 6.04 Å². The van der Waals surface area contributed by atoms with E-state index in [0.717, 1.165) is 25.6 Å². The van der Waals surface area contributed by atoms with Gasteiger partial charge in [0.2, 0.25) is 0 Å². The van der Waals surface area contributed by atoms with Crippen LogP contribution in [-0.2, 0) is 4.74 Å². The van der Waals surface area contributed by atoms with Gasteiger partial charge in [0.15, 0.2) is 0 Å². The van der Waals surface area contributed by atoms with Crippen LogP contribution in [0.3, 0.4) is 0 Å². The summed E-state index contributed by atoms with van der Waals surface area (Å²) in [6.45, 7) is 1.71. The van der Waals surface area contributed by atoms with Gasteiger partial charge in [0, 0.05) is 32.3 Å². The van der Waals surface area contributed by atoms with E-state index in [0.29, 0.717) is 0 Å². The summed E-state index contributed by atoms with van der Waals surface area (Å²) in [7, 11) is 1.71. The highest BCUT2D eigenvalue weighted by Gasteiger charge is 2.16. The smallest absolute Gasteiger partial charge is 0.0477 e. The Morgan fingerprint density at radius 2 is 2.33 bits per heavy atom. The zero-order valence-electron chi connectivity index (χ0n) is 7.88. The van der Waals surface area contributed by atoms with Crippen molar-refractivity contribution in [1.29, 1.82) is 0 Å². The SMILES string of the molecule is COCCC(N)CNC1CCC1. The van der Waals surface area contributed by atoms with Crippen molar-refractivity contribution in [1.82, 2.24) is 5.32 Å². The molecular weight excluding hydrogens is 152 g/mol. The number of nitrogens with one attached hydrogen (secondary N) is 1. The van der Waals surface area contributed by atoms with Gasteiger partial charge < -0.3 is 15.8 Å². The summed E-state index contributed by atoms with van der Waals surface area (Å²) < 4.78 is 4.95. The molecule has 0 aromatic rings. The van der Waals surface area contributed by atoms with Crippen LogP contribution in [0, 0.1) is 0 Å². The summed E-state index contributed by atoms with van der Waals surface area (Å²) in [5.41, 5.74) is 5.84. The van der Waals surface area contributed by atoms with E-state index >= 15 is 0 Å². The zero-order chi connectivity index (χ0) is 8.81. The molecule has 0 radical (unpaired) electrons. The van der Waals surface area contributed by atoms with Gasteiger partial charge in [-0.15, -0.1) is 0 Å². The molecule has 1 aliphatic rings. The van der Waals surface area contributed by atoms with Gasteiger partial charge in [0.05, 0.1) is 0 Å². The van der Waals surface area contributed by atoms with Gasteiger partial charge in [0.25, 0.3) is 0 Å². The van der Waals surface area contributed by atoms with Crippen molar-refractivity contribution in [2.45, 2.75) is 37.8 Å². The number of nitrogens with two attached hydrogens (primary N) is 1. The topological polar surface area (TPSA) is 47.3 Å². The Morgan fingerprint density at radius 1 is 1.58 bits per heavy atom.